The molecule has 0 atom stereocenters. The van der Waals surface area contributed by atoms with Crippen LogP contribution in [0.15, 0.2) is 56.3 Å². The first-order valence-electron chi connectivity index (χ1n) is 8.27. The molecule has 1 aliphatic carbocycles. The number of hydrogen-bond donors (Lipinski definition) is 0. The van der Waals surface area contributed by atoms with Gasteiger partial charge in [0.25, 0.3) is 0 Å². The summed E-state index contributed by atoms with van der Waals surface area (Å²) in [6.45, 7) is 2.08. The van der Waals surface area contributed by atoms with Crippen molar-refractivity contribution in [3.05, 3.63) is 69.8 Å². The summed E-state index contributed by atoms with van der Waals surface area (Å²) in [5.41, 5.74) is 6.62. The molecule has 0 saturated heterocycles. The molecular formula is C21H16O3. The predicted molar refractivity (Wildman–Crippen MR) is 94.5 cm³/mol. The Labute approximate surface area is 138 Å². The van der Waals surface area contributed by atoms with E-state index in [1.165, 1.54) is 5.56 Å². The lowest BCUT2D eigenvalue weighted by Crippen LogP contribution is -2.06. The van der Waals surface area contributed by atoms with Crippen LogP contribution in [0.25, 0.3) is 33.1 Å². The molecule has 0 radical (unpaired) electrons. The molecular weight excluding hydrogens is 300 g/mol. The van der Waals surface area contributed by atoms with Crippen molar-refractivity contribution in [1.29, 1.82) is 0 Å². The van der Waals surface area contributed by atoms with Gasteiger partial charge in [0.15, 0.2) is 0 Å². The molecule has 2 aromatic carbocycles. The first kappa shape index (κ1) is 13.6. The molecule has 1 aliphatic rings. The van der Waals surface area contributed by atoms with Crippen LogP contribution >= 0.6 is 0 Å². The van der Waals surface area contributed by atoms with Crippen molar-refractivity contribution in [2.24, 2.45) is 0 Å². The molecule has 0 spiro atoms. The molecule has 0 bridgehead atoms. The Morgan fingerprint density at radius 1 is 0.917 bits per heavy atom. The van der Waals surface area contributed by atoms with Gasteiger partial charge in [-0.3, -0.25) is 0 Å². The fraction of sp³-hybridized carbons (Fsp3) is 0.190. The van der Waals surface area contributed by atoms with Crippen LogP contribution in [0.5, 0.6) is 0 Å². The fourth-order valence-corrected chi connectivity index (χ4v) is 3.76. The third kappa shape index (κ3) is 1.88. The van der Waals surface area contributed by atoms with Gasteiger partial charge in [0.2, 0.25) is 0 Å². The zero-order valence-electron chi connectivity index (χ0n) is 13.4. The summed E-state index contributed by atoms with van der Waals surface area (Å²) in [6, 6.07) is 12.4. The number of aryl methyl sites for hydroxylation is 2. The van der Waals surface area contributed by atoms with Crippen LogP contribution in [0.4, 0.5) is 0 Å². The maximum Gasteiger partial charge on any atom is 0.339 e. The molecule has 2 heterocycles. The maximum absolute atomic E-state index is 12.1. The number of furan rings is 1. The van der Waals surface area contributed by atoms with Gasteiger partial charge in [0, 0.05) is 28.0 Å². The minimum absolute atomic E-state index is 0.195. The van der Waals surface area contributed by atoms with Crippen molar-refractivity contribution in [3.8, 4) is 11.1 Å². The van der Waals surface area contributed by atoms with Gasteiger partial charge >= 0.3 is 5.63 Å². The minimum atomic E-state index is -0.195. The molecule has 0 saturated carbocycles. The van der Waals surface area contributed by atoms with E-state index in [2.05, 4.69) is 37.3 Å². The van der Waals surface area contributed by atoms with Crippen molar-refractivity contribution >= 4 is 21.9 Å². The van der Waals surface area contributed by atoms with E-state index in [9.17, 15) is 4.79 Å². The summed E-state index contributed by atoms with van der Waals surface area (Å²) in [4.78, 5) is 12.1. The number of hydrogen-bond acceptors (Lipinski definition) is 3. The summed E-state index contributed by atoms with van der Waals surface area (Å²) < 4.78 is 11.3. The quantitative estimate of drug-likeness (QED) is 0.464. The molecule has 118 valence electrons. The number of fused-ring (bicyclic) bond motifs is 4. The summed E-state index contributed by atoms with van der Waals surface area (Å²) in [5, 5.41) is 2.11. The molecule has 4 aromatic rings. The Hall–Kier alpha value is -2.81. The molecule has 5 rings (SSSR count). The van der Waals surface area contributed by atoms with Crippen molar-refractivity contribution in [2.75, 3.05) is 0 Å². The lowest BCUT2D eigenvalue weighted by molar-refractivity contribution is 0.550. The van der Waals surface area contributed by atoms with Crippen LogP contribution in [0.1, 0.15) is 23.1 Å². The highest BCUT2D eigenvalue weighted by Gasteiger charge is 2.21. The number of benzene rings is 2. The highest BCUT2D eigenvalue weighted by Crippen LogP contribution is 2.36. The predicted octanol–water partition coefficient (Wildman–Crippen LogP) is 5.00. The normalized spacial score (nSPS) is 13.7. The van der Waals surface area contributed by atoms with E-state index >= 15 is 0 Å². The van der Waals surface area contributed by atoms with Gasteiger partial charge in [-0.25, -0.2) is 4.79 Å². The van der Waals surface area contributed by atoms with Crippen molar-refractivity contribution < 1.29 is 8.83 Å². The lowest BCUT2D eigenvalue weighted by Gasteiger charge is -2.05. The molecule has 3 nitrogen and oxygen atoms in total. The largest absolute Gasteiger partial charge is 0.464 e. The van der Waals surface area contributed by atoms with Crippen LogP contribution in [0.3, 0.4) is 0 Å². The second kappa shape index (κ2) is 4.84. The second-order valence-corrected chi connectivity index (χ2v) is 6.56. The molecule has 0 amide bonds. The summed E-state index contributed by atoms with van der Waals surface area (Å²) >= 11 is 0. The maximum atomic E-state index is 12.1. The summed E-state index contributed by atoms with van der Waals surface area (Å²) in [5.74, 6) is 0. The lowest BCUT2D eigenvalue weighted by atomic mass is 10.00. The van der Waals surface area contributed by atoms with Gasteiger partial charge in [-0.2, -0.15) is 0 Å². The molecule has 0 N–H and O–H groups in total. The number of rotatable bonds is 1. The first-order valence-corrected chi connectivity index (χ1v) is 8.27. The molecule has 24 heavy (non-hydrogen) atoms. The standard InChI is InChI=1S/C21H16O3/c1-12-5-7-13(8-6-12)18-11-23-19-10-20-16(9-17(18)19)14-3-2-4-15(14)21(22)24-20/h5-11H,2-4H2,1H3. The van der Waals surface area contributed by atoms with Crippen LogP contribution in [-0.2, 0) is 12.8 Å². The van der Waals surface area contributed by atoms with Gasteiger partial charge < -0.3 is 8.83 Å². The average Bonchev–Trinajstić information content (AvgIpc) is 3.21. The average molecular weight is 316 g/mol. The van der Waals surface area contributed by atoms with E-state index in [1.54, 1.807) is 6.26 Å². The van der Waals surface area contributed by atoms with E-state index in [-0.39, 0.29) is 5.63 Å². The van der Waals surface area contributed by atoms with Crippen LogP contribution < -0.4 is 5.63 Å². The summed E-state index contributed by atoms with van der Waals surface area (Å²) in [7, 11) is 0. The van der Waals surface area contributed by atoms with Gasteiger partial charge in [-0.15, -0.1) is 0 Å². The van der Waals surface area contributed by atoms with Crippen LogP contribution in [0.2, 0.25) is 0 Å². The Kier molecular flexibility index (Phi) is 2.75. The van der Waals surface area contributed by atoms with E-state index in [0.29, 0.717) is 5.58 Å². The van der Waals surface area contributed by atoms with Gasteiger partial charge in [0.05, 0.1) is 6.26 Å². The smallest absolute Gasteiger partial charge is 0.339 e. The molecule has 0 aliphatic heterocycles. The van der Waals surface area contributed by atoms with E-state index in [0.717, 1.165) is 57.9 Å². The highest BCUT2D eigenvalue weighted by atomic mass is 16.4. The molecule has 2 aromatic heterocycles. The van der Waals surface area contributed by atoms with Crippen LogP contribution in [-0.4, -0.2) is 0 Å². The molecule has 0 unspecified atom stereocenters. The Morgan fingerprint density at radius 2 is 1.71 bits per heavy atom. The van der Waals surface area contributed by atoms with Crippen molar-refractivity contribution in [2.45, 2.75) is 26.2 Å². The fourth-order valence-electron chi connectivity index (χ4n) is 3.76. The monoisotopic (exact) mass is 316 g/mol. The molecule has 3 heteroatoms. The third-order valence-electron chi connectivity index (χ3n) is 5.03. The summed E-state index contributed by atoms with van der Waals surface area (Å²) in [6.07, 6.45) is 4.57. The second-order valence-electron chi connectivity index (χ2n) is 6.56. The Morgan fingerprint density at radius 3 is 2.54 bits per heavy atom. The van der Waals surface area contributed by atoms with Crippen molar-refractivity contribution in [1.82, 2.24) is 0 Å². The molecule has 0 fully saturated rings. The minimum Gasteiger partial charge on any atom is -0.464 e. The Balaban J connectivity index is 1.83. The van der Waals surface area contributed by atoms with E-state index in [4.69, 9.17) is 8.83 Å². The SMILES string of the molecule is Cc1ccc(-c2coc3cc4oc(=O)c5c(c4cc23)CCC5)cc1. The highest BCUT2D eigenvalue weighted by molar-refractivity contribution is 6.02. The van der Waals surface area contributed by atoms with Gasteiger partial charge in [-0.1, -0.05) is 29.8 Å². The Bertz CT molecular complexity index is 1140. The third-order valence-corrected chi connectivity index (χ3v) is 5.03. The first-order chi connectivity index (χ1) is 11.7. The van der Waals surface area contributed by atoms with Crippen LogP contribution in [0, 0.1) is 6.92 Å². The van der Waals surface area contributed by atoms with Gasteiger partial charge in [0.1, 0.15) is 11.2 Å². The van der Waals surface area contributed by atoms with E-state index in [1.807, 2.05) is 6.07 Å². The zero-order chi connectivity index (χ0) is 16.3. The van der Waals surface area contributed by atoms with Gasteiger partial charge in [-0.05, 0) is 43.4 Å². The van der Waals surface area contributed by atoms with Crippen molar-refractivity contribution in [3.63, 3.8) is 0 Å². The zero-order valence-corrected chi connectivity index (χ0v) is 13.4. The topological polar surface area (TPSA) is 43.4 Å². The van der Waals surface area contributed by atoms with E-state index < -0.39 is 0 Å².